The molecule has 0 saturated heterocycles. The number of ether oxygens (including phenoxy) is 2. The second-order valence-electron chi connectivity index (χ2n) is 3.86. The average molecular weight is 275 g/mol. The van der Waals surface area contributed by atoms with Gasteiger partial charge in [-0.05, 0) is 24.3 Å². The van der Waals surface area contributed by atoms with Crippen LogP contribution in [0.25, 0.3) is 0 Å². The molecule has 3 nitrogen and oxygen atoms in total. The molecular weight excluding hydrogens is 264 g/mol. The fourth-order valence-corrected chi connectivity index (χ4v) is 1.58. The van der Waals surface area contributed by atoms with Crippen molar-refractivity contribution in [3.63, 3.8) is 0 Å². The molecule has 2 rings (SSSR count). The van der Waals surface area contributed by atoms with E-state index in [1.807, 2.05) is 6.07 Å². The summed E-state index contributed by atoms with van der Waals surface area (Å²) in [5.74, 6) is -1.72. The Labute approximate surface area is 115 Å². The highest BCUT2D eigenvalue weighted by Gasteiger charge is 2.08. The van der Waals surface area contributed by atoms with Gasteiger partial charge in [0.1, 0.15) is 25.0 Å². The van der Waals surface area contributed by atoms with Crippen LogP contribution >= 0.6 is 0 Å². The lowest BCUT2D eigenvalue weighted by molar-refractivity contribution is 0.209. The topological polar surface area (TPSA) is 42.2 Å². The van der Waals surface area contributed by atoms with E-state index >= 15 is 0 Å². The summed E-state index contributed by atoms with van der Waals surface area (Å²) in [4.78, 5) is 0. The van der Waals surface area contributed by atoms with Crippen molar-refractivity contribution in [2.75, 3.05) is 13.2 Å². The molecule has 0 aliphatic rings. The quantitative estimate of drug-likeness (QED) is 0.786. The molecule has 0 aliphatic carbocycles. The van der Waals surface area contributed by atoms with Crippen molar-refractivity contribution in [2.24, 2.45) is 0 Å². The minimum absolute atomic E-state index is 0.0418. The number of rotatable bonds is 5. The summed E-state index contributed by atoms with van der Waals surface area (Å²) in [6.07, 6.45) is 0. The van der Waals surface area contributed by atoms with Gasteiger partial charge >= 0.3 is 0 Å². The van der Waals surface area contributed by atoms with Crippen LogP contribution in [0.2, 0.25) is 0 Å². The molecule has 0 atom stereocenters. The first-order chi connectivity index (χ1) is 9.72. The van der Waals surface area contributed by atoms with E-state index in [2.05, 4.69) is 0 Å². The predicted octanol–water partition coefficient (Wildman–Crippen LogP) is 3.29. The zero-order chi connectivity index (χ0) is 14.4. The van der Waals surface area contributed by atoms with E-state index in [1.165, 1.54) is 12.1 Å². The largest absolute Gasteiger partial charge is 0.489 e. The minimum Gasteiger partial charge on any atom is -0.489 e. The molecule has 0 spiro atoms. The van der Waals surface area contributed by atoms with Crippen molar-refractivity contribution in [3.8, 4) is 17.6 Å². The number of nitrogens with zero attached hydrogens (tertiary/aromatic N) is 1. The molecule has 0 unspecified atom stereocenters. The first-order valence-electron chi connectivity index (χ1n) is 5.91. The smallest absolute Gasteiger partial charge is 0.200 e. The lowest BCUT2D eigenvalue weighted by Gasteiger charge is -2.09. The van der Waals surface area contributed by atoms with Gasteiger partial charge in [-0.1, -0.05) is 18.2 Å². The number of nitriles is 1. The standard InChI is InChI=1S/C15H11F2NO2/c16-12-5-3-7-14(15(12)17)20-9-8-19-13-6-2-1-4-11(13)10-18/h1-7H,8-9H2. The summed E-state index contributed by atoms with van der Waals surface area (Å²) in [5, 5.41) is 8.87. The highest BCUT2D eigenvalue weighted by Crippen LogP contribution is 2.19. The molecule has 0 heterocycles. The molecule has 0 bridgehead atoms. The second kappa shape index (κ2) is 6.53. The third-order valence-electron chi connectivity index (χ3n) is 2.52. The van der Waals surface area contributed by atoms with E-state index in [9.17, 15) is 8.78 Å². The Morgan fingerprint density at radius 2 is 1.55 bits per heavy atom. The zero-order valence-electron chi connectivity index (χ0n) is 10.5. The maximum absolute atomic E-state index is 13.3. The van der Waals surface area contributed by atoms with Gasteiger partial charge in [0.05, 0.1) is 5.56 Å². The predicted molar refractivity (Wildman–Crippen MR) is 68.5 cm³/mol. The number of hydrogen-bond acceptors (Lipinski definition) is 3. The van der Waals surface area contributed by atoms with Crippen molar-refractivity contribution >= 4 is 0 Å². The molecule has 0 radical (unpaired) electrons. The molecule has 0 aromatic heterocycles. The molecule has 20 heavy (non-hydrogen) atoms. The van der Waals surface area contributed by atoms with Crippen molar-refractivity contribution < 1.29 is 18.3 Å². The first-order valence-corrected chi connectivity index (χ1v) is 5.91. The van der Waals surface area contributed by atoms with Crippen LogP contribution in [0.4, 0.5) is 8.78 Å². The maximum atomic E-state index is 13.3. The Morgan fingerprint density at radius 3 is 2.30 bits per heavy atom. The van der Waals surface area contributed by atoms with E-state index in [1.54, 1.807) is 24.3 Å². The summed E-state index contributed by atoms with van der Waals surface area (Å²) >= 11 is 0. The second-order valence-corrected chi connectivity index (χ2v) is 3.86. The van der Waals surface area contributed by atoms with Crippen LogP contribution in [0.15, 0.2) is 42.5 Å². The van der Waals surface area contributed by atoms with Crippen LogP contribution in [0, 0.1) is 23.0 Å². The van der Waals surface area contributed by atoms with Gasteiger partial charge in [0.2, 0.25) is 5.82 Å². The van der Waals surface area contributed by atoms with Crippen LogP contribution in [-0.2, 0) is 0 Å². The molecule has 0 fully saturated rings. The monoisotopic (exact) mass is 275 g/mol. The number of halogens is 2. The number of para-hydroxylation sites is 1. The van der Waals surface area contributed by atoms with Crippen molar-refractivity contribution in [1.82, 2.24) is 0 Å². The van der Waals surface area contributed by atoms with Gasteiger partial charge in [-0.25, -0.2) is 4.39 Å². The van der Waals surface area contributed by atoms with E-state index in [0.29, 0.717) is 11.3 Å². The zero-order valence-corrected chi connectivity index (χ0v) is 10.5. The molecule has 5 heteroatoms. The summed E-state index contributed by atoms with van der Waals surface area (Å²) in [5.41, 5.74) is 0.407. The van der Waals surface area contributed by atoms with Gasteiger partial charge in [-0.2, -0.15) is 9.65 Å². The Kier molecular flexibility index (Phi) is 4.51. The third-order valence-corrected chi connectivity index (χ3v) is 2.52. The summed E-state index contributed by atoms with van der Waals surface area (Å²) in [6.45, 7) is 0.161. The van der Waals surface area contributed by atoms with Crippen molar-refractivity contribution in [1.29, 1.82) is 5.26 Å². The molecule has 0 aliphatic heterocycles. The van der Waals surface area contributed by atoms with E-state index in [-0.39, 0.29) is 19.0 Å². The van der Waals surface area contributed by atoms with Gasteiger partial charge < -0.3 is 9.47 Å². The van der Waals surface area contributed by atoms with Gasteiger partial charge in [0.25, 0.3) is 0 Å². The van der Waals surface area contributed by atoms with E-state index < -0.39 is 11.6 Å². The van der Waals surface area contributed by atoms with Gasteiger partial charge in [-0.3, -0.25) is 0 Å². The van der Waals surface area contributed by atoms with E-state index in [4.69, 9.17) is 14.7 Å². The molecule has 0 N–H and O–H groups in total. The molecule has 0 amide bonds. The summed E-state index contributed by atoms with van der Waals surface area (Å²) in [7, 11) is 0. The van der Waals surface area contributed by atoms with Crippen LogP contribution in [-0.4, -0.2) is 13.2 Å². The summed E-state index contributed by atoms with van der Waals surface area (Å²) in [6, 6.07) is 12.5. The van der Waals surface area contributed by atoms with E-state index in [0.717, 1.165) is 6.07 Å². The fourth-order valence-electron chi connectivity index (χ4n) is 1.58. The van der Waals surface area contributed by atoms with Gasteiger partial charge in [0.15, 0.2) is 11.6 Å². The molecule has 0 saturated carbocycles. The molecule has 2 aromatic rings. The lowest BCUT2D eigenvalue weighted by Crippen LogP contribution is -2.10. The van der Waals surface area contributed by atoms with Crippen LogP contribution in [0.1, 0.15) is 5.56 Å². The first kappa shape index (κ1) is 13.8. The normalized spacial score (nSPS) is 9.85. The highest BCUT2D eigenvalue weighted by molar-refractivity contribution is 5.42. The van der Waals surface area contributed by atoms with Crippen LogP contribution in [0.5, 0.6) is 11.5 Å². The minimum atomic E-state index is -1.02. The Morgan fingerprint density at radius 1 is 0.900 bits per heavy atom. The fraction of sp³-hybridized carbons (Fsp3) is 0.133. The van der Waals surface area contributed by atoms with Gasteiger partial charge in [0, 0.05) is 0 Å². The maximum Gasteiger partial charge on any atom is 0.200 e. The number of hydrogen-bond donors (Lipinski definition) is 0. The SMILES string of the molecule is N#Cc1ccccc1OCCOc1cccc(F)c1F. The lowest BCUT2D eigenvalue weighted by atomic mass is 10.2. The van der Waals surface area contributed by atoms with Crippen LogP contribution in [0.3, 0.4) is 0 Å². The molecule has 2 aromatic carbocycles. The Balaban J connectivity index is 1.88. The van der Waals surface area contributed by atoms with Crippen molar-refractivity contribution in [2.45, 2.75) is 0 Å². The Bertz CT molecular complexity index is 638. The highest BCUT2D eigenvalue weighted by atomic mass is 19.2. The Hall–Kier alpha value is -2.61. The molecular formula is C15H11F2NO2. The average Bonchev–Trinajstić information content (AvgIpc) is 2.48. The third kappa shape index (κ3) is 3.23. The number of benzene rings is 2. The van der Waals surface area contributed by atoms with Gasteiger partial charge in [-0.15, -0.1) is 0 Å². The van der Waals surface area contributed by atoms with Crippen molar-refractivity contribution in [3.05, 3.63) is 59.7 Å². The summed E-state index contributed by atoms with van der Waals surface area (Å²) < 4.78 is 36.7. The van der Waals surface area contributed by atoms with Crippen LogP contribution < -0.4 is 9.47 Å². The molecule has 102 valence electrons.